The largest absolute Gasteiger partial charge is 0.370 e. The maximum atomic E-state index is 5.81. The molecule has 0 saturated carbocycles. The van der Waals surface area contributed by atoms with Crippen molar-refractivity contribution in [3.05, 3.63) is 17.5 Å². The van der Waals surface area contributed by atoms with Crippen LogP contribution in [0.4, 0.5) is 0 Å². The van der Waals surface area contributed by atoms with Crippen LogP contribution in [0.5, 0.6) is 0 Å². The fourth-order valence-electron chi connectivity index (χ4n) is 1.92. The molecule has 1 rings (SSSR count). The van der Waals surface area contributed by atoms with Crippen LogP contribution in [0.2, 0.25) is 0 Å². The van der Waals surface area contributed by atoms with E-state index in [9.17, 15) is 0 Å². The van der Waals surface area contributed by atoms with Gasteiger partial charge in [0, 0.05) is 25.3 Å². The Hall–Kier alpha value is -0.790. The van der Waals surface area contributed by atoms with Crippen LogP contribution >= 0.6 is 24.0 Å². The maximum absolute atomic E-state index is 5.81. The van der Waals surface area contributed by atoms with Crippen LogP contribution < -0.4 is 11.1 Å². The van der Waals surface area contributed by atoms with Crippen molar-refractivity contribution in [3.63, 3.8) is 0 Å². The lowest BCUT2D eigenvalue weighted by Gasteiger charge is -2.11. The van der Waals surface area contributed by atoms with E-state index >= 15 is 0 Å². The van der Waals surface area contributed by atoms with Crippen LogP contribution in [-0.4, -0.2) is 28.8 Å². The lowest BCUT2D eigenvalue weighted by molar-refractivity contribution is 0.450. The summed E-state index contributed by atoms with van der Waals surface area (Å²) in [7, 11) is 0. The molecule has 0 aliphatic carbocycles. The zero-order valence-electron chi connectivity index (χ0n) is 13.0. The molecule has 0 bridgehead atoms. The minimum atomic E-state index is 0. The van der Waals surface area contributed by atoms with E-state index in [1.807, 2.05) is 11.6 Å². The Kier molecular flexibility index (Phi) is 9.62. The predicted molar refractivity (Wildman–Crippen MR) is 95.7 cm³/mol. The van der Waals surface area contributed by atoms with Crippen LogP contribution in [0.3, 0.4) is 0 Å². The molecule has 20 heavy (non-hydrogen) atoms. The highest BCUT2D eigenvalue weighted by molar-refractivity contribution is 14.0. The molecule has 1 unspecified atom stereocenters. The quantitative estimate of drug-likeness (QED) is 0.324. The van der Waals surface area contributed by atoms with Crippen LogP contribution in [0.15, 0.2) is 11.1 Å². The van der Waals surface area contributed by atoms with Gasteiger partial charge in [-0.1, -0.05) is 20.3 Å². The minimum Gasteiger partial charge on any atom is -0.370 e. The molecule has 1 aromatic heterocycles. The molecule has 0 saturated heterocycles. The summed E-state index contributed by atoms with van der Waals surface area (Å²) in [6, 6.07) is 2.09. The first-order valence-corrected chi connectivity index (χ1v) is 7.07. The first kappa shape index (κ1) is 19.2. The lowest BCUT2D eigenvalue weighted by Crippen LogP contribution is -2.33. The second-order valence-corrected chi connectivity index (χ2v) is 5.22. The molecule has 0 spiro atoms. The van der Waals surface area contributed by atoms with E-state index in [0.717, 1.165) is 38.2 Å². The van der Waals surface area contributed by atoms with E-state index in [1.54, 1.807) is 0 Å². The number of hydrogen-bond acceptors (Lipinski definition) is 2. The Labute approximate surface area is 139 Å². The molecule has 1 heterocycles. The second-order valence-electron chi connectivity index (χ2n) is 5.22. The Balaban J connectivity index is 0.00000361. The number of nitrogens with one attached hydrogen (secondary N) is 1. The molecule has 1 atom stereocenters. The smallest absolute Gasteiger partial charge is 0.188 e. The van der Waals surface area contributed by atoms with E-state index < -0.39 is 0 Å². The Morgan fingerprint density at radius 3 is 2.75 bits per heavy atom. The third-order valence-electron chi connectivity index (χ3n) is 3.00. The molecule has 0 aromatic carbocycles. The Bertz CT molecular complexity index is 414. The van der Waals surface area contributed by atoms with E-state index in [0.29, 0.717) is 11.9 Å². The van der Waals surface area contributed by atoms with Crippen LogP contribution in [0, 0.1) is 19.8 Å². The minimum absolute atomic E-state index is 0. The highest BCUT2D eigenvalue weighted by Gasteiger charge is 2.06. The molecule has 0 radical (unpaired) electrons. The van der Waals surface area contributed by atoms with Crippen molar-refractivity contribution in [1.29, 1.82) is 0 Å². The fourth-order valence-corrected chi connectivity index (χ4v) is 1.92. The number of unbranched alkanes of at least 4 members (excludes halogenated alkanes) is 1. The first-order chi connectivity index (χ1) is 9.02. The average Bonchev–Trinajstić information content (AvgIpc) is 2.65. The lowest BCUT2D eigenvalue weighted by atomic mass is 10.2. The molecule has 3 N–H and O–H groups in total. The van der Waals surface area contributed by atoms with Crippen molar-refractivity contribution in [1.82, 2.24) is 15.1 Å². The summed E-state index contributed by atoms with van der Waals surface area (Å²) in [5.41, 5.74) is 8.07. The highest BCUT2D eigenvalue weighted by Crippen LogP contribution is 2.06. The summed E-state index contributed by atoms with van der Waals surface area (Å²) in [4.78, 5) is 4.37. The summed E-state index contributed by atoms with van der Waals surface area (Å²) >= 11 is 0. The van der Waals surface area contributed by atoms with Gasteiger partial charge in [-0.3, -0.25) is 9.67 Å². The number of aliphatic imine (C=N–C) groups is 1. The van der Waals surface area contributed by atoms with Gasteiger partial charge in [-0.2, -0.15) is 5.10 Å². The van der Waals surface area contributed by atoms with Gasteiger partial charge in [0.25, 0.3) is 0 Å². The number of nitrogens with zero attached hydrogens (tertiary/aromatic N) is 3. The van der Waals surface area contributed by atoms with Crippen LogP contribution in [-0.2, 0) is 6.54 Å². The normalized spacial score (nSPS) is 12.9. The van der Waals surface area contributed by atoms with Crippen molar-refractivity contribution < 1.29 is 0 Å². The van der Waals surface area contributed by atoms with E-state index in [1.165, 1.54) is 5.69 Å². The van der Waals surface area contributed by atoms with Gasteiger partial charge in [-0.25, -0.2) is 0 Å². The first-order valence-electron chi connectivity index (χ1n) is 7.07. The zero-order chi connectivity index (χ0) is 14.3. The summed E-state index contributed by atoms with van der Waals surface area (Å²) in [5.74, 6) is 0.971. The summed E-state index contributed by atoms with van der Waals surface area (Å²) in [6.45, 7) is 10.9. The van der Waals surface area contributed by atoms with E-state index in [2.05, 4.69) is 42.2 Å². The molecule has 116 valence electrons. The molecular formula is C14H28IN5. The third kappa shape index (κ3) is 7.12. The number of hydrogen-bond donors (Lipinski definition) is 2. The van der Waals surface area contributed by atoms with Crippen LogP contribution in [0.1, 0.15) is 38.1 Å². The predicted octanol–water partition coefficient (Wildman–Crippen LogP) is 2.46. The maximum Gasteiger partial charge on any atom is 0.188 e. The molecule has 0 aliphatic rings. The SMILES string of the molecule is CCCCNC(N)=NCC(C)Cn1nc(C)cc1C.I. The molecular weight excluding hydrogens is 365 g/mol. The fraction of sp³-hybridized carbons (Fsp3) is 0.714. The van der Waals surface area contributed by atoms with Gasteiger partial charge in [-0.05, 0) is 32.3 Å². The number of aromatic nitrogens is 2. The number of guanidine groups is 1. The van der Waals surface area contributed by atoms with Gasteiger partial charge < -0.3 is 11.1 Å². The van der Waals surface area contributed by atoms with Gasteiger partial charge in [0.1, 0.15) is 0 Å². The molecule has 1 aromatic rings. The Morgan fingerprint density at radius 2 is 2.20 bits per heavy atom. The van der Waals surface area contributed by atoms with Crippen LogP contribution in [0.25, 0.3) is 0 Å². The van der Waals surface area contributed by atoms with Crippen molar-refractivity contribution >= 4 is 29.9 Å². The van der Waals surface area contributed by atoms with Crippen molar-refractivity contribution in [2.45, 2.75) is 47.1 Å². The van der Waals surface area contributed by atoms with Gasteiger partial charge in [0.2, 0.25) is 0 Å². The summed E-state index contributed by atoms with van der Waals surface area (Å²) in [5, 5.41) is 7.58. The van der Waals surface area contributed by atoms with Gasteiger partial charge in [-0.15, -0.1) is 24.0 Å². The molecule has 6 heteroatoms. The Morgan fingerprint density at radius 1 is 1.50 bits per heavy atom. The second kappa shape index (κ2) is 10.0. The van der Waals surface area contributed by atoms with E-state index in [-0.39, 0.29) is 24.0 Å². The number of halogens is 1. The third-order valence-corrected chi connectivity index (χ3v) is 3.00. The number of nitrogens with two attached hydrogens (primary N) is 1. The molecule has 0 fully saturated rings. The van der Waals surface area contributed by atoms with Gasteiger partial charge in [0.15, 0.2) is 5.96 Å². The van der Waals surface area contributed by atoms with Crippen molar-refractivity contribution in [3.8, 4) is 0 Å². The topological polar surface area (TPSA) is 68.2 Å². The average molecular weight is 393 g/mol. The number of rotatable bonds is 7. The highest BCUT2D eigenvalue weighted by atomic mass is 127. The standard InChI is InChI=1S/C14H27N5.HI/c1-5-6-7-16-14(15)17-9-11(2)10-19-13(4)8-12(3)18-19;/h8,11H,5-7,9-10H2,1-4H3,(H3,15,16,17);1H. The van der Waals surface area contributed by atoms with Crippen molar-refractivity contribution in [2.75, 3.05) is 13.1 Å². The monoisotopic (exact) mass is 393 g/mol. The number of aryl methyl sites for hydroxylation is 2. The molecule has 5 nitrogen and oxygen atoms in total. The molecule has 0 aliphatic heterocycles. The zero-order valence-corrected chi connectivity index (χ0v) is 15.3. The van der Waals surface area contributed by atoms with Crippen molar-refractivity contribution in [2.24, 2.45) is 16.6 Å². The van der Waals surface area contributed by atoms with E-state index in [4.69, 9.17) is 5.73 Å². The summed E-state index contributed by atoms with van der Waals surface area (Å²) < 4.78 is 2.04. The molecule has 0 amide bonds. The van der Waals surface area contributed by atoms with Gasteiger partial charge >= 0.3 is 0 Å². The van der Waals surface area contributed by atoms with Gasteiger partial charge in [0.05, 0.1) is 5.69 Å². The summed E-state index contributed by atoms with van der Waals surface area (Å²) in [6.07, 6.45) is 2.28.